The van der Waals surface area contributed by atoms with Crippen LogP contribution in [0.25, 0.3) is 22.4 Å². The van der Waals surface area contributed by atoms with Gasteiger partial charge in [0.1, 0.15) is 5.75 Å². The lowest BCUT2D eigenvalue weighted by atomic mass is 9.78. The zero-order valence-corrected chi connectivity index (χ0v) is 19.3. The largest absolute Gasteiger partial charge is 0.496 e. The SMILES string of the molecule is CNc1ncc(-c2cc3c(cc2OC)-c2cc(=O)c(C(C)=O)cn2C(C(C)(C)C)C3)cn1. The van der Waals surface area contributed by atoms with Crippen LogP contribution in [0.4, 0.5) is 5.95 Å². The third-order valence-electron chi connectivity index (χ3n) is 6.10. The second-order valence-electron chi connectivity index (χ2n) is 9.24. The lowest BCUT2D eigenvalue weighted by Crippen LogP contribution is -2.32. The van der Waals surface area contributed by atoms with E-state index in [9.17, 15) is 9.59 Å². The Kier molecular flexibility index (Phi) is 5.36. The molecule has 3 aromatic rings. The zero-order valence-electron chi connectivity index (χ0n) is 19.3. The highest BCUT2D eigenvalue weighted by Gasteiger charge is 2.34. The van der Waals surface area contributed by atoms with Gasteiger partial charge >= 0.3 is 0 Å². The summed E-state index contributed by atoms with van der Waals surface area (Å²) in [6.07, 6.45) is 6.03. The molecule has 1 N–H and O–H groups in total. The second kappa shape index (κ2) is 7.89. The maximum absolute atomic E-state index is 12.7. The van der Waals surface area contributed by atoms with Gasteiger partial charge in [-0.15, -0.1) is 0 Å². The molecule has 1 aliphatic rings. The van der Waals surface area contributed by atoms with Gasteiger partial charge in [-0.05, 0) is 36.5 Å². The van der Waals surface area contributed by atoms with Gasteiger partial charge in [0.25, 0.3) is 0 Å². The molecule has 7 nitrogen and oxygen atoms in total. The van der Waals surface area contributed by atoms with Crippen LogP contribution in [0.3, 0.4) is 0 Å². The van der Waals surface area contributed by atoms with Gasteiger partial charge in [0, 0.05) is 54.4 Å². The lowest BCUT2D eigenvalue weighted by molar-refractivity contribution is 0.101. The minimum absolute atomic E-state index is 0.0767. The van der Waals surface area contributed by atoms with Gasteiger partial charge in [-0.2, -0.15) is 0 Å². The van der Waals surface area contributed by atoms with E-state index in [-0.39, 0.29) is 28.2 Å². The number of rotatable bonds is 4. The van der Waals surface area contributed by atoms with E-state index in [1.54, 1.807) is 38.8 Å². The Labute approximate surface area is 187 Å². The number of pyridine rings is 1. The fraction of sp³-hybridized carbons (Fsp3) is 0.360. The molecule has 0 saturated heterocycles. The van der Waals surface area contributed by atoms with Crippen molar-refractivity contribution in [3.05, 3.63) is 58.1 Å². The van der Waals surface area contributed by atoms with Crippen LogP contribution in [0.5, 0.6) is 5.75 Å². The molecular formula is C25H28N4O3. The second-order valence-corrected chi connectivity index (χ2v) is 9.24. The van der Waals surface area contributed by atoms with Gasteiger partial charge in [-0.1, -0.05) is 20.8 Å². The van der Waals surface area contributed by atoms with Crippen molar-refractivity contribution in [1.29, 1.82) is 0 Å². The number of benzene rings is 1. The maximum atomic E-state index is 12.7. The molecular weight excluding hydrogens is 404 g/mol. The number of methoxy groups -OCH3 is 1. The van der Waals surface area contributed by atoms with Crippen LogP contribution in [0.2, 0.25) is 0 Å². The van der Waals surface area contributed by atoms with Crippen LogP contribution in [-0.2, 0) is 6.42 Å². The molecule has 0 bridgehead atoms. The molecule has 0 radical (unpaired) electrons. The molecule has 166 valence electrons. The fourth-order valence-corrected chi connectivity index (χ4v) is 4.34. The first-order valence-corrected chi connectivity index (χ1v) is 10.6. The molecule has 0 saturated carbocycles. The standard InChI is InChI=1S/C25H28N4O3/c1-14(30)19-13-29-20(10-21(19)31)17-9-22(32-6)18(16-11-27-24(26-5)28-12-16)7-15(17)8-23(29)25(2,3)4/h7,9-13,23H,8H2,1-6H3,(H,26,27,28). The van der Waals surface area contributed by atoms with Crippen LogP contribution in [-0.4, -0.2) is 34.5 Å². The van der Waals surface area contributed by atoms with E-state index in [0.717, 1.165) is 34.4 Å². The molecule has 1 aliphatic heterocycles. The van der Waals surface area contributed by atoms with E-state index in [1.807, 2.05) is 6.07 Å². The summed E-state index contributed by atoms with van der Waals surface area (Å²) < 4.78 is 7.80. The summed E-state index contributed by atoms with van der Waals surface area (Å²) in [5, 5.41) is 2.93. The van der Waals surface area contributed by atoms with Crippen molar-refractivity contribution in [3.63, 3.8) is 0 Å². The number of ketones is 1. The summed E-state index contributed by atoms with van der Waals surface area (Å²) in [7, 11) is 3.40. The highest BCUT2D eigenvalue weighted by molar-refractivity contribution is 5.94. The summed E-state index contributed by atoms with van der Waals surface area (Å²) in [5.41, 5.74) is 4.48. The average Bonchev–Trinajstić information content (AvgIpc) is 2.76. The monoisotopic (exact) mass is 432 g/mol. The number of carbonyl (C=O) groups is 1. The van der Waals surface area contributed by atoms with E-state index < -0.39 is 0 Å². The van der Waals surface area contributed by atoms with E-state index >= 15 is 0 Å². The van der Waals surface area contributed by atoms with Crippen molar-refractivity contribution in [3.8, 4) is 28.1 Å². The molecule has 1 unspecified atom stereocenters. The summed E-state index contributed by atoms with van der Waals surface area (Å²) in [4.78, 5) is 33.4. The van der Waals surface area contributed by atoms with Crippen molar-refractivity contribution < 1.29 is 9.53 Å². The van der Waals surface area contributed by atoms with E-state index in [0.29, 0.717) is 11.7 Å². The topological polar surface area (TPSA) is 86.1 Å². The highest BCUT2D eigenvalue weighted by Crippen LogP contribution is 2.45. The van der Waals surface area contributed by atoms with Crippen LogP contribution in [0.1, 0.15) is 49.7 Å². The number of nitrogens with zero attached hydrogens (tertiary/aromatic N) is 3. The first-order chi connectivity index (χ1) is 15.1. The van der Waals surface area contributed by atoms with Crippen LogP contribution in [0, 0.1) is 5.41 Å². The van der Waals surface area contributed by atoms with Gasteiger partial charge in [0.2, 0.25) is 5.95 Å². The van der Waals surface area contributed by atoms with Crippen LogP contribution < -0.4 is 15.5 Å². The Balaban J connectivity index is 1.96. The van der Waals surface area contributed by atoms with Gasteiger partial charge in [-0.25, -0.2) is 9.97 Å². The van der Waals surface area contributed by atoms with Crippen molar-refractivity contribution in [2.24, 2.45) is 5.41 Å². The molecule has 2 aromatic heterocycles. The van der Waals surface area contributed by atoms with Gasteiger partial charge < -0.3 is 14.6 Å². The van der Waals surface area contributed by atoms with Gasteiger partial charge in [0.05, 0.1) is 18.4 Å². The minimum Gasteiger partial charge on any atom is -0.496 e. The molecule has 1 aromatic carbocycles. The number of ether oxygens (including phenoxy) is 1. The number of hydrogen-bond acceptors (Lipinski definition) is 6. The number of Topliss-reactive ketones (excluding diaryl/α,β-unsaturated/α-hetero) is 1. The number of aromatic nitrogens is 3. The van der Waals surface area contributed by atoms with Gasteiger partial charge in [0.15, 0.2) is 11.2 Å². The Hall–Kier alpha value is -3.48. The lowest BCUT2D eigenvalue weighted by Gasteiger charge is -2.39. The molecule has 0 aliphatic carbocycles. The van der Waals surface area contributed by atoms with Crippen molar-refractivity contribution in [1.82, 2.24) is 14.5 Å². The number of fused-ring (bicyclic) bond motifs is 3. The Morgan fingerprint density at radius 1 is 1.16 bits per heavy atom. The van der Waals surface area contributed by atoms with Crippen molar-refractivity contribution in [2.45, 2.75) is 40.2 Å². The number of carbonyl (C=O) groups excluding carboxylic acids is 1. The molecule has 1 atom stereocenters. The van der Waals surface area contributed by atoms with Crippen molar-refractivity contribution in [2.75, 3.05) is 19.5 Å². The molecule has 0 fully saturated rings. The summed E-state index contributed by atoms with van der Waals surface area (Å²) in [6, 6.07) is 5.73. The number of anilines is 1. The molecule has 7 heteroatoms. The summed E-state index contributed by atoms with van der Waals surface area (Å²) in [5.74, 6) is 1.00. The first kappa shape index (κ1) is 21.7. The Morgan fingerprint density at radius 2 is 1.84 bits per heavy atom. The van der Waals surface area contributed by atoms with E-state index in [2.05, 4.69) is 46.7 Å². The fourth-order valence-electron chi connectivity index (χ4n) is 4.34. The summed E-state index contributed by atoms with van der Waals surface area (Å²) in [6.45, 7) is 7.95. The minimum atomic E-state index is -0.261. The predicted octanol–water partition coefficient (Wildman–Crippen LogP) is 4.37. The number of hydrogen-bond donors (Lipinski definition) is 1. The van der Waals surface area contributed by atoms with Gasteiger partial charge in [-0.3, -0.25) is 9.59 Å². The molecule has 0 spiro atoms. The highest BCUT2D eigenvalue weighted by atomic mass is 16.5. The third kappa shape index (κ3) is 3.68. The maximum Gasteiger partial charge on any atom is 0.222 e. The molecule has 0 amide bonds. The number of nitrogens with one attached hydrogen (secondary N) is 1. The molecule has 32 heavy (non-hydrogen) atoms. The Bertz CT molecular complexity index is 1250. The van der Waals surface area contributed by atoms with Crippen LogP contribution in [0.15, 0.2) is 41.6 Å². The predicted molar refractivity (Wildman–Crippen MR) is 125 cm³/mol. The van der Waals surface area contributed by atoms with E-state index in [4.69, 9.17) is 4.74 Å². The zero-order chi connectivity index (χ0) is 23.2. The van der Waals surface area contributed by atoms with E-state index in [1.165, 1.54) is 6.92 Å². The molecule has 3 heterocycles. The molecule has 4 rings (SSSR count). The summed E-state index contributed by atoms with van der Waals surface area (Å²) >= 11 is 0. The normalized spacial score (nSPS) is 15.0. The third-order valence-corrected chi connectivity index (χ3v) is 6.10. The average molecular weight is 433 g/mol. The van der Waals surface area contributed by atoms with Crippen molar-refractivity contribution >= 4 is 11.7 Å². The Morgan fingerprint density at radius 3 is 2.41 bits per heavy atom. The van der Waals surface area contributed by atoms with Crippen LogP contribution >= 0.6 is 0 Å². The smallest absolute Gasteiger partial charge is 0.222 e. The first-order valence-electron chi connectivity index (χ1n) is 10.6. The quantitative estimate of drug-likeness (QED) is 0.616.